The van der Waals surface area contributed by atoms with Crippen LogP contribution < -0.4 is 10.6 Å². The zero-order chi connectivity index (χ0) is 22.9. The molecule has 172 valence electrons. The number of nitrogens with one attached hydrogen (secondary N) is 2. The Morgan fingerprint density at radius 1 is 1.06 bits per heavy atom. The Balaban J connectivity index is 1.57. The number of hydrogen-bond donors (Lipinski definition) is 2. The monoisotopic (exact) mass is 455 g/mol. The van der Waals surface area contributed by atoms with Gasteiger partial charge in [-0.2, -0.15) is 0 Å². The lowest BCUT2D eigenvalue weighted by atomic mass is 9.88. The van der Waals surface area contributed by atoms with Gasteiger partial charge in [0, 0.05) is 25.6 Å². The predicted octanol–water partition coefficient (Wildman–Crippen LogP) is 3.63. The van der Waals surface area contributed by atoms with Crippen molar-refractivity contribution >= 4 is 29.1 Å². The van der Waals surface area contributed by atoms with E-state index in [1.165, 1.54) is 11.3 Å². The number of likely N-dealkylation sites (tertiary alicyclic amines) is 1. The van der Waals surface area contributed by atoms with E-state index in [9.17, 15) is 14.4 Å². The SMILES string of the molecule is CCC(C)NC(=O)C(NC(=O)c1cccs1)C1CCN(C(=O)CCc2ccccc2)CC1. The lowest BCUT2D eigenvalue weighted by Gasteiger charge is -2.36. The minimum absolute atomic E-state index is 0.00106. The fraction of sp³-hybridized carbons (Fsp3) is 0.480. The van der Waals surface area contributed by atoms with Gasteiger partial charge in [-0.05, 0) is 55.5 Å². The minimum atomic E-state index is -0.597. The summed E-state index contributed by atoms with van der Waals surface area (Å²) in [5, 5.41) is 7.83. The molecule has 1 aromatic heterocycles. The molecule has 0 bridgehead atoms. The van der Waals surface area contributed by atoms with Crippen molar-refractivity contribution in [3.8, 4) is 0 Å². The number of piperidine rings is 1. The molecule has 1 aromatic carbocycles. The topological polar surface area (TPSA) is 78.5 Å². The van der Waals surface area contributed by atoms with E-state index in [4.69, 9.17) is 0 Å². The zero-order valence-electron chi connectivity index (χ0n) is 18.9. The van der Waals surface area contributed by atoms with Crippen molar-refractivity contribution in [2.24, 2.45) is 5.92 Å². The van der Waals surface area contributed by atoms with Crippen LogP contribution >= 0.6 is 11.3 Å². The van der Waals surface area contributed by atoms with Crippen molar-refractivity contribution in [1.82, 2.24) is 15.5 Å². The first-order chi connectivity index (χ1) is 15.5. The largest absolute Gasteiger partial charge is 0.352 e. The first-order valence-electron chi connectivity index (χ1n) is 11.4. The number of hydrogen-bond acceptors (Lipinski definition) is 4. The summed E-state index contributed by atoms with van der Waals surface area (Å²) in [4.78, 5) is 40.8. The average molecular weight is 456 g/mol. The van der Waals surface area contributed by atoms with Crippen LogP contribution in [0.2, 0.25) is 0 Å². The molecule has 2 N–H and O–H groups in total. The average Bonchev–Trinajstić information content (AvgIpc) is 3.36. The normalized spacial score (nSPS) is 16.2. The van der Waals surface area contributed by atoms with Crippen LogP contribution in [-0.4, -0.2) is 47.8 Å². The summed E-state index contributed by atoms with van der Waals surface area (Å²) < 4.78 is 0. The summed E-state index contributed by atoms with van der Waals surface area (Å²) in [5.41, 5.74) is 1.16. The van der Waals surface area contributed by atoms with Crippen LogP contribution in [0.1, 0.15) is 54.8 Å². The molecule has 7 heteroatoms. The standard InChI is InChI=1S/C25H33N3O3S/c1-3-18(2)26-25(31)23(27-24(30)21-10-7-17-32-21)20-13-15-28(16-14-20)22(29)12-11-19-8-5-4-6-9-19/h4-10,17-18,20,23H,3,11-16H2,1-2H3,(H,26,31)(H,27,30). The van der Waals surface area contributed by atoms with Crippen LogP contribution in [0.5, 0.6) is 0 Å². The van der Waals surface area contributed by atoms with E-state index in [0.29, 0.717) is 37.2 Å². The van der Waals surface area contributed by atoms with Crippen LogP contribution in [0.25, 0.3) is 0 Å². The Bertz CT molecular complexity index is 877. The third-order valence-corrected chi connectivity index (χ3v) is 7.02. The van der Waals surface area contributed by atoms with Gasteiger partial charge in [-0.15, -0.1) is 11.3 Å². The summed E-state index contributed by atoms with van der Waals surface area (Å²) in [7, 11) is 0. The highest BCUT2D eigenvalue weighted by molar-refractivity contribution is 7.12. The summed E-state index contributed by atoms with van der Waals surface area (Å²) >= 11 is 1.36. The Labute approximate surface area is 194 Å². The molecule has 0 saturated carbocycles. The van der Waals surface area contributed by atoms with Gasteiger partial charge in [-0.1, -0.05) is 43.3 Å². The number of carbonyl (C=O) groups excluding carboxylic acids is 3. The molecule has 0 aliphatic carbocycles. The van der Waals surface area contributed by atoms with Gasteiger partial charge in [0.15, 0.2) is 0 Å². The van der Waals surface area contributed by atoms with Gasteiger partial charge in [0.25, 0.3) is 5.91 Å². The van der Waals surface area contributed by atoms with Gasteiger partial charge in [0.05, 0.1) is 4.88 Å². The van der Waals surface area contributed by atoms with Crippen molar-refractivity contribution < 1.29 is 14.4 Å². The molecule has 2 unspecified atom stereocenters. The van der Waals surface area contributed by atoms with Gasteiger partial charge in [0.2, 0.25) is 11.8 Å². The van der Waals surface area contributed by atoms with E-state index < -0.39 is 6.04 Å². The van der Waals surface area contributed by atoms with E-state index >= 15 is 0 Å². The zero-order valence-corrected chi connectivity index (χ0v) is 19.7. The second kappa shape index (κ2) is 11.8. The number of amides is 3. The maximum absolute atomic E-state index is 13.0. The molecule has 3 rings (SSSR count). The molecule has 6 nitrogen and oxygen atoms in total. The summed E-state index contributed by atoms with van der Waals surface area (Å²) in [6, 6.07) is 13.1. The van der Waals surface area contributed by atoms with Crippen LogP contribution in [0.3, 0.4) is 0 Å². The molecule has 2 atom stereocenters. The summed E-state index contributed by atoms with van der Waals surface area (Å²) in [6.07, 6.45) is 3.44. The number of benzene rings is 1. The van der Waals surface area contributed by atoms with E-state index in [-0.39, 0.29) is 29.7 Å². The van der Waals surface area contributed by atoms with Gasteiger partial charge < -0.3 is 15.5 Å². The summed E-state index contributed by atoms with van der Waals surface area (Å²) in [6.45, 7) is 5.20. The highest BCUT2D eigenvalue weighted by Gasteiger charge is 2.34. The molecule has 1 aliphatic heterocycles. The van der Waals surface area contributed by atoms with Crippen LogP contribution in [0.15, 0.2) is 47.8 Å². The molecule has 0 spiro atoms. The fourth-order valence-corrected chi connectivity index (χ4v) is 4.62. The predicted molar refractivity (Wildman–Crippen MR) is 128 cm³/mol. The molecule has 2 heterocycles. The van der Waals surface area contributed by atoms with Crippen molar-refractivity contribution in [2.75, 3.05) is 13.1 Å². The molecular formula is C25H33N3O3S. The van der Waals surface area contributed by atoms with Gasteiger partial charge >= 0.3 is 0 Å². The quantitative estimate of drug-likeness (QED) is 0.606. The Hall–Kier alpha value is -2.67. The highest BCUT2D eigenvalue weighted by atomic mass is 32.1. The second-order valence-corrected chi connectivity index (χ2v) is 9.40. The Kier molecular flexibility index (Phi) is 8.85. The number of nitrogens with zero attached hydrogens (tertiary/aromatic N) is 1. The molecule has 1 fully saturated rings. The molecule has 1 saturated heterocycles. The van der Waals surface area contributed by atoms with Crippen molar-refractivity contribution in [1.29, 1.82) is 0 Å². The molecular weight excluding hydrogens is 422 g/mol. The van der Waals surface area contributed by atoms with Crippen LogP contribution in [0, 0.1) is 5.92 Å². The molecule has 1 aliphatic rings. The third-order valence-electron chi connectivity index (χ3n) is 6.15. The van der Waals surface area contributed by atoms with E-state index in [2.05, 4.69) is 10.6 Å². The number of rotatable bonds is 9. The second-order valence-electron chi connectivity index (χ2n) is 8.45. The molecule has 3 amide bonds. The Morgan fingerprint density at radius 3 is 2.41 bits per heavy atom. The van der Waals surface area contributed by atoms with Crippen molar-refractivity contribution in [3.05, 3.63) is 58.3 Å². The Morgan fingerprint density at radius 2 is 1.78 bits per heavy atom. The first-order valence-corrected chi connectivity index (χ1v) is 12.3. The summed E-state index contributed by atoms with van der Waals surface area (Å²) in [5.74, 6) is -0.208. The molecule has 0 radical (unpaired) electrons. The number of aryl methyl sites for hydroxylation is 1. The van der Waals surface area contributed by atoms with Gasteiger partial charge in [0.1, 0.15) is 6.04 Å². The number of carbonyl (C=O) groups is 3. The maximum Gasteiger partial charge on any atom is 0.262 e. The minimum Gasteiger partial charge on any atom is -0.352 e. The third kappa shape index (κ3) is 6.66. The molecule has 2 aromatic rings. The smallest absolute Gasteiger partial charge is 0.262 e. The lowest BCUT2D eigenvalue weighted by Crippen LogP contribution is -2.55. The maximum atomic E-state index is 13.0. The van der Waals surface area contributed by atoms with Gasteiger partial charge in [-0.3, -0.25) is 14.4 Å². The number of thiophene rings is 1. The lowest BCUT2D eigenvalue weighted by molar-refractivity contribution is -0.133. The molecule has 32 heavy (non-hydrogen) atoms. The van der Waals surface area contributed by atoms with E-state index in [1.54, 1.807) is 6.07 Å². The van der Waals surface area contributed by atoms with Crippen molar-refractivity contribution in [3.63, 3.8) is 0 Å². The van der Waals surface area contributed by atoms with Gasteiger partial charge in [-0.25, -0.2) is 0 Å². The van der Waals surface area contributed by atoms with E-state index in [0.717, 1.165) is 18.4 Å². The first kappa shape index (κ1) is 24.0. The highest BCUT2D eigenvalue weighted by Crippen LogP contribution is 2.23. The fourth-order valence-electron chi connectivity index (χ4n) is 3.99. The van der Waals surface area contributed by atoms with Crippen LogP contribution in [-0.2, 0) is 16.0 Å². The van der Waals surface area contributed by atoms with Crippen molar-refractivity contribution in [2.45, 2.75) is 58.0 Å². The van der Waals surface area contributed by atoms with E-state index in [1.807, 2.05) is 60.5 Å². The van der Waals surface area contributed by atoms with Crippen LogP contribution in [0.4, 0.5) is 0 Å².